The van der Waals surface area contributed by atoms with E-state index in [0.29, 0.717) is 6.42 Å². The second-order valence-corrected chi connectivity index (χ2v) is 8.11. The summed E-state index contributed by atoms with van der Waals surface area (Å²) < 4.78 is 26.6. The van der Waals surface area contributed by atoms with Crippen LogP contribution in [0, 0.1) is 0 Å². The van der Waals surface area contributed by atoms with Gasteiger partial charge in [0.05, 0.1) is 15.6 Å². The van der Waals surface area contributed by atoms with Crippen molar-refractivity contribution in [1.82, 2.24) is 9.73 Å². The van der Waals surface area contributed by atoms with Crippen LogP contribution in [0.4, 0.5) is 4.79 Å². The maximum absolute atomic E-state index is 12.3. The lowest BCUT2D eigenvalue weighted by Crippen LogP contribution is -2.47. The zero-order valence-electron chi connectivity index (χ0n) is 11.6. The highest BCUT2D eigenvalue weighted by Crippen LogP contribution is 2.33. The first-order valence-electron chi connectivity index (χ1n) is 6.08. The Hall–Kier alpha value is -1.02. The molecule has 0 aromatic heterocycles. The number of hydrazone groups is 1. The molecule has 1 aromatic carbocycles. The largest absolute Gasteiger partial charge is 0.352 e. The smallest absolute Gasteiger partial charge is 0.245 e. The van der Waals surface area contributed by atoms with Gasteiger partial charge >= 0.3 is 6.03 Å². The van der Waals surface area contributed by atoms with E-state index in [0.717, 1.165) is 5.01 Å². The predicted octanol–water partition coefficient (Wildman–Crippen LogP) is 3.52. The number of halogens is 3. The average molecular weight is 385 g/mol. The van der Waals surface area contributed by atoms with Crippen LogP contribution in [0.2, 0.25) is 15.1 Å². The molecule has 2 rings (SSSR count). The molecule has 0 radical (unpaired) electrons. The van der Waals surface area contributed by atoms with E-state index in [1.54, 1.807) is 13.8 Å². The summed E-state index contributed by atoms with van der Waals surface area (Å²) >= 11 is 17.5. The Morgan fingerprint density at radius 2 is 1.82 bits per heavy atom. The third-order valence-corrected chi connectivity index (χ3v) is 5.47. The van der Waals surface area contributed by atoms with Gasteiger partial charge in [0.25, 0.3) is 10.0 Å². The molecule has 0 fully saturated rings. The molecule has 1 aliphatic rings. The van der Waals surface area contributed by atoms with Crippen LogP contribution in [0.5, 0.6) is 0 Å². The quantitative estimate of drug-likeness (QED) is 0.847. The Bertz CT molecular complexity index is 739. The minimum absolute atomic E-state index is 0.179. The van der Waals surface area contributed by atoms with Crippen molar-refractivity contribution in [3.63, 3.8) is 0 Å². The Labute approximate surface area is 143 Å². The summed E-state index contributed by atoms with van der Waals surface area (Å²) in [6.45, 7) is 3.52. The second kappa shape index (κ2) is 5.88. The van der Waals surface area contributed by atoms with Gasteiger partial charge in [0, 0.05) is 17.7 Å². The number of nitrogens with zero attached hydrogens (tertiary/aromatic N) is 2. The molecule has 0 saturated carbocycles. The number of hydrogen-bond donors (Lipinski definition) is 1. The molecule has 0 saturated heterocycles. The third-order valence-electron chi connectivity index (χ3n) is 3.01. The van der Waals surface area contributed by atoms with Gasteiger partial charge in [-0.3, -0.25) is 0 Å². The van der Waals surface area contributed by atoms with Crippen molar-refractivity contribution in [3.8, 4) is 0 Å². The number of amides is 2. The molecule has 2 amide bonds. The van der Waals surface area contributed by atoms with E-state index >= 15 is 0 Å². The summed E-state index contributed by atoms with van der Waals surface area (Å²) in [4.78, 5) is 11.7. The van der Waals surface area contributed by atoms with Gasteiger partial charge in [0.1, 0.15) is 4.90 Å². The van der Waals surface area contributed by atoms with Gasteiger partial charge in [0.2, 0.25) is 0 Å². The average Bonchev–Trinajstić information content (AvgIpc) is 2.66. The number of hydrogen-bond acceptors (Lipinski definition) is 4. The summed E-state index contributed by atoms with van der Waals surface area (Å²) in [5.74, 6) is 0. The number of carbonyl (C=O) groups is 1. The van der Waals surface area contributed by atoms with Gasteiger partial charge in [-0.15, -0.1) is 0 Å². The van der Waals surface area contributed by atoms with Gasteiger partial charge in [-0.2, -0.15) is 5.10 Å². The van der Waals surface area contributed by atoms with E-state index in [1.807, 2.05) is 4.72 Å². The third kappa shape index (κ3) is 3.32. The molecule has 6 nitrogen and oxygen atoms in total. The first kappa shape index (κ1) is 17.3. The standard InChI is InChI=1S/C12H12Cl3N3O3S/c1-12(2)3-4-16-18(12)11(19)17-22(20,21)10-8(14)5-7(13)6-9(10)15/h4-6H,3H2,1-2H3,(H,17,19). The lowest BCUT2D eigenvalue weighted by Gasteiger charge is -2.28. The highest BCUT2D eigenvalue weighted by molar-refractivity contribution is 7.90. The highest BCUT2D eigenvalue weighted by Gasteiger charge is 2.36. The number of sulfonamides is 1. The van der Waals surface area contributed by atoms with Gasteiger partial charge in [-0.1, -0.05) is 34.8 Å². The van der Waals surface area contributed by atoms with Gasteiger partial charge in [0.15, 0.2) is 0 Å². The number of carbonyl (C=O) groups excluding carboxylic acids is 1. The molecule has 22 heavy (non-hydrogen) atoms. The van der Waals surface area contributed by atoms with E-state index < -0.39 is 26.5 Å². The van der Waals surface area contributed by atoms with Crippen LogP contribution in [0.25, 0.3) is 0 Å². The summed E-state index contributed by atoms with van der Waals surface area (Å²) in [5.41, 5.74) is -0.618. The zero-order valence-corrected chi connectivity index (χ0v) is 14.7. The van der Waals surface area contributed by atoms with Crippen molar-refractivity contribution >= 4 is 57.1 Å². The van der Waals surface area contributed by atoms with Crippen LogP contribution in [0.3, 0.4) is 0 Å². The topological polar surface area (TPSA) is 78.8 Å². The number of urea groups is 1. The molecule has 0 aliphatic carbocycles. The Kier molecular flexibility index (Phi) is 4.64. The van der Waals surface area contributed by atoms with E-state index in [1.165, 1.54) is 18.3 Å². The van der Waals surface area contributed by atoms with Gasteiger partial charge in [-0.25, -0.2) is 22.9 Å². The van der Waals surface area contributed by atoms with Crippen LogP contribution >= 0.6 is 34.8 Å². The predicted molar refractivity (Wildman–Crippen MR) is 86.2 cm³/mol. The van der Waals surface area contributed by atoms with Gasteiger partial charge < -0.3 is 0 Å². The normalized spacial score (nSPS) is 16.9. The molecule has 120 valence electrons. The minimum atomic E-state index is -4.26. The van der Waals surface area contributed by atoms with Crippen molar-refractivity contribution in [2.45, 2.75) is 30.7 Å². The molecular formula is C12H12Cl3N3O3S. The fourth-order valence-corrected chi connectivity index (χ4v) is 4.39. The summed E-state index contributed by atoms with van der Waals surface area (Å²) in [6, 6.07) is 1.57. The first-order valence-corrected chi connectivity index (χ1v) is 8.70. The molecule has 1 aliphatic heterocycles. The fourth-order valence-electron chi connectivity index (χ4n) is 1.91. The molecule has 0 bridgehead atoms. The minimum Gasteiger partial charge on any atom is -0.245 e. The maximum Gasteiger partial charge on any atom is 0.352 e. The zero-order chi connectivity index (χ0) is 16.7. The van der Waals surface area contributed by atoms with Crippen molar-refractivity contribution < 1.29 is 13.2 Å². The van der Waals surface area contributed by atoms with Crippen LogP contribution in [0.15, 0.2) is 22.1 Å². The number of benzene rings is 1. The van der Waals surface area contributed by atoms with Crippen LogP contribution < -0.4 is 4.72 Å². The Morgan fingerprint density at radius 1 is 1.27 bits per heavy atom. The van der Waals surface area contributed by atoms with E-state index in [2.05, 4.69) is 5.10 Å². The summed E-state index contributed by atoms with van der Waals surface area (Å²) in [5, 5.41) is 4.76. The van der Waals surface area contributed by atoms with Crippen LogP contribution in [-0.4, -0.2) is 31.2 Å². The Morgan fingerprint density at radius 3 is 2.27 bits per heavy atom. The molecule has 1 heterocycles. The van der Waals surface area contributed by atoms with Crippen molar-refractivity contribution in [2.24, 2.45) is 5.10 Å². The lowest BCUT2D eigenvalue weighted by atomic mass is 10.0. The van der Waals surface area contributed by atoms with Crippen LogP contribution in [0.1, 0.15) is 20.3 Å². The first-order chi connectivity index (χ1) is 10.0. The fraction of sp³-hybridized carbons (Fsp3) is 0.333. The summed E-state index contributed by atoms with van der Waals surface area (Å²) in [6.07, 6.45) is 2.05. The van der Waals surface area contributed by atoms with E-state index in [9.17, 15) is 13.2 Å². The van der Waals surface area contributed by atoms with E-state index in [-0.39, 0.29) is 15.1 Å². The molecule has 1 N–H and O–H groups in total. The molecule has 0 unspecified atom stereocenters. The highest BCUT2D eigenvalue weighted by atomic mass is 35.5. The maximum atomic E-state index is 12.3. The summed E-state index contributed by atoms with van der Waals surface area (Å²) in [7, 11) is -4.26. The molecule has 10 heteroatoms. The monoisotopic (exact) mass is 383 g/mol. The van der Waals surface area contributed by atoms with Crippen molar-refractivity contribution in [2.75, 3.05) is 0 Å². The second-order valence-electron chi connectivity index (χ2n) is 5.24. The number of rotatable bonds is 2. The van der Waals surface area contributed by atoms with E-state index in [4.69, 9.17) is 34.8 Å². The van der Waals surface area contributed by atoms with Crippen molar-refractivity contribution in [3.05, 3.63) is 27.2 Å². The lowest BCUT2D eigenvalue weighted by molar-refractivity contribution is 0.159. The molecule has 1 aromatic rings. The Balaban J connectivity index is 2.33. The van der Waals surface area contributed by atoms with Crippen LogP contribution in [-0.2, 0) is 10.0 Å². The van der Waals surface area contributed by atoms with Gasteiger partial charge in [-0.05, 0) is 26.0 Å². The molecule has 0 atom stereocenters. The molecular weight excluding hydrogens is 373 g/mol. The SMILES string of the molecule is CC1(C)CC=NN1C(=O)NS(=O)(=O)c1c(Cl)cc(Cl)cc1Cl. The van der Waals surface area contributed by atoms with Crippen molar-refractivity contribution in [1.29, 1.82) is 0 Å². The molecule has 0 spiro atoms. The number of nitrogens with one attached hydrogen (secondary N) is 1.